The molecule has 0 spiro atoms. The number of Topliss-reactive ketones (excluding diaryl/α,β-unsaturated/α-hetero) is 1. The van der Waals surface area contributed by atoms with E-state index in [4.69, 9.17) is 4.74 Å². The number of nitrogens with zero attached hydrogens (tertiary/aromatic N) is 6. The summed E-state index contributed by atoms with van der Waals surface area (Å²) in [5.74, 6) is -0.319. The molecule has 0 saturated carbocycles. The van der Waals surface area contributed by atoms with E-state index in [9.17, 15) is 14.7 Å². The Morgan fingerprint density at radius 3 is 2.79 bits per heavy atom. The molecule has 6 rings (SSSR count). The Morgan fingerprint density at radius 1 is 1.13 bits per heavy atom. The predicted molar refractivity (Wildman–Crippen MR) is 137 cm³/mol. The highest BCUT2D eigenvalue weighted by Gasteiger charge is 2.31. The van der Waals surface area contributed by atoms with Gasteiger partial charge in [0.1, 0.15) is 18.7 Å². The molecule has 1 aliphatic heterocycles. The monoisotopic (exact) mass is 509 g/mol. The van der Waals surface area contributed by atoms with E-state index in [1.165, 1.54) is 30.5 Å². The van der Waals surface area contributed by atoms with Gasteiger partial charge in [-0.2, -0.15) is 0 Å². The minimum Gasteiger partial charge on any atom is -0.494 e. The first kappa shape index (κ1) is 23.5. The van der Waals surface area contributed by atoms with Gasteiger partial charge in [0, 0.05) is 31.0 Å². The lowest BCUT2D eigenvalue weighted by atomic mass is 9.92. The average molecular weight is 510 g/mol. The maximum absolute atomic E-state index is 13.5. The van der Waals surface area contributed by atoms with Crippen LogP contribution in [0.4, 0.5) is 0 Å². The first-order valence-corrected chi connectivity index (χ1v) is 12.0. The van der Waals surface area contributed by atoms with Crippen molar-refractivity contribution >= 4 is 22.6 Å². The number of amides is 1. The largest absolute Gasteiger partial charge is 0.494 e. The van der Waals surface area contributed by atoms with E-state index in [0.717, 1.165) is 22.4 Å². The number of nitrogens with one attached hydrogen (secondary N) is 1. The average Bonchev–Trinajstić information content (AvgIpc) is 3.64. The number of methoxy groups -OCH3 is 1. The molecule has 0 atom stereocenters. The second-order valence-electron chi connectivity index (χ2n) is 8.83. The number of H-pyrrole nitrogens is 1. The van der Waals surface area contributed by atoms with Crippen molar-refractivity contribution in [1.82, 2.24) is 34.6 Å². The molecule has 5 aromatic rings. The van der Waals surface area contributed by atoms with Crippen LogP contribution in [0.25, 0.3) is 28.0 Å². The van der Waals surface area contributed by atoms with Crippen molar-refractivity contribution in [3.63, 3.8) is 0 Å². The van der Waals surface area contributed by atoms with E-state index in [1.54, 1.807) is 11.1 Å². The van der Waals surface area contributed by atoms with Crippen LogP contribution in [0.5, 0.6) is 5.75 Å². The molecule has 11 nitrogen and oxygen atoms in total. The molecule has 0 saturated heterocycles. The normalized spacial score (nSPS) is 12.9. The van der Waals surface area contributed by atoms with Crippen molar-refractivity contribution in [2.45, 2.75) is 19.6 Å². The number of carbonyl (C=O) groups excluding carboxylic acids is 2. The zero-order valence-corrected chi connectivity index (χ0v) is 20.5. The number of aliphatic hydroxyl groups excluding tert-OH is 1. The van der Waals surface area contributed by atoms with Crippen molar-refractivity contribution in [3.8, 4) is 22.8 Å². The highest BCUT2D eigenvalue weighted by atomic mass is 16.5. The molecule has 0 fully saturated rings. The maximum atomic E-state index is 13.5. The molecule has 1 amide bonds. The smallest absolute Gasteiger partial charge is 0.295 e. The lowest BCUT2D eigenvalue weighted by Crippen LogP contribution is -2.40. The molecule has 38 heavy (non-hydrogen) atoms. The molecule has 2 N–H and O–H groups in total. The molecular weight excluding hydrogens is 486 g/mol. The number of ketones is 1. The van der Waals surface area contributed by atoms with Crippen molar-refractivity contribution in [2.24, 2.45) is 0 Å². The summed E-state index contributed by atoms with van der Waals surface area (Å²) in [5, 5.41) is 13.9. The molecule has 4 aromatic heterocycles. The quantitative estimate of drug-likeness (QED) is 0.263. The third-order valence-corrected chi connectivity index (χ3v) is 6.70. The number of rotatable bonds is 6. The van der Waals surface area contributed by atoms with Gasteiger partial charge in [-0.25, -0.2) is 14.6 Å². The molecule has 5 heterocycles. The molecule has 0 aliphatic carbocycles. The summed E-state index contributed by atoms with van der Waals surface area (Å²) in [6.07, 6.45) is 6.74. The second-order valence-corrected chi connectivity index (χ2v) is 8.83. The van der Waals surface area contributed by atoms with E-state index in [2.05, 4.69) is 25.0 Å². The number of aromatic nitrogens is 6. The van der Waals surface area contributed by atoms with Crippen molar-refractivity contribution in [1.29, 1.82) is 0 Å². The second kappa shape index (κ2) is 9.52. The number of aliphatic hydroxyl groups is 1. The third-order valence-electron chi connectivity index (χ3n) is 6.70. The summed E-state index contributed by atoms with van der Waals surface area (Å²) in [6, 6.07) is 11.8. The van der Waals surface area contributed by atoms with Crippen LogP contribution in [0.15, 0.2) is 61.3 Å². The highest BCUT2D eigenvalue weighted by Crippen LogP contribution is 2.33. The Balaban J connectivity index is 1.32. The van der Waals surface area contributed by atoms with Gasteiger partial charge >= 0.3 is 0 Å². The fourth-order valence-corrected chi connectivity index (χ4v) is 4.89. The number of fused-ring (bicyclic) bond motifs is 2. The maximum Gasteiger partial charge on any atom is 0.295 e. The predicted octanol–water partition coefficient (Wildman–Crippen LogP) is 2.47. The van der Waals surface area contributed by atoms with Gasteiger partial charge in [-0.05, 0) is 29.7 Å². The van der Waals surface area contributed by atoms with Crippen LogP contribution in [-0.4, -0.2) is 65.1 Å². The molecular formula is C27H23N7O4. The van der Waals surface area contributed by atoms with E-state index in [1.807, 2.05) is 36.4 Å². The Labute approximate surface area is 216 Å². The van der Waals surface area contributed by atoms with Crippen LogP contribution in [0.2, 0.25) is 0 Å². The van der Waals surface area contributed by atoms with Gasteiger partial charge in [-0.1, -0.05) is 24.3 Å². The van der Waals surface area contributed by atoms with Gasteiger partial charge in [-0.3, -0.25) is 14.6 Å². The zero-order valence-electron chi connectivity index (χ0n) is 20.5. The summed E-state index contributed by atoms with van der Waals surface area (Å²) in [5.41, 5.74) is 4.70. The zero-order chi connectivity index (χ0) is 26.2. The van der Waals surface area contributed by atoms with Gasteiger partial charge in [0.25, 0.3) is 11.7 Å². The molecule has 1 aromatic carbocycles. The highest BCUT2D eigenvalue weighted by molar-refractivity contribution is 6.45. The van der Waals surface area contributed by atoms with Crippen LogP contribution in [0, 0.1) is 0 Å². The number of ether oxygens (including phenoxy) is 1. The van der Waals surface area contributed by atoms with Gasteiger partial charge in [0.15, 0.2) is 11.6 Å². The standard InChI is InChI=1S/C27H23N7O4/c1-38-21-12-30-26(34-15-31-22(14-35)32-34)24-23(21)19(11-29-24)25(36)27(37)33-10-8-17-16(13-33)5-4-6-18(17)20-7-2-3-9-28-20/h2-7,9,11-12,15,29,35H,8,10,13-14H2,1H3. The van der Waals surface area contributed by atoms with E-state index < -0.39 is 11.7 Å². The van der Waals surface area contributed by atoms with Crippen LogP contribution >= 0.6 is 0 Å². The van der Waals surface area contributed by atoms with Crippen molar-refractivity contribution in [2.75, 3.05) is 13.7 Å². The van der Waals surface area contributed by atoms with Gasteiger partial charge < -0.3 is 19.7 Å². The molecule has 0 radical (unpaired) electrons. The Hall–Kier alpha value is -4.90. The number of hydrogen-bond acceptors (Lipinski definition) is 8. The number of hydrogen-bond donors (Lipinski definition) is 2. The first-order valence-electron chi connectivity index (χ1n) is 12.0. The number of benzene rings is 1. The lowest BCUT2D eigenvalue weighted by molar-refractivity contribution is -0.127. The minimum atomic E-state index is -0.648. The van der Waals surface area contributed by atoms with E-state index in [0.29, 0.717) is 42.0 Å². The fraction of sp³-hybridized carbons (Fsp3) is 0.185. The summed E-state index contributed by atoms with van der Waals surface area (Å²) >= 11 is 0. The molecule has 1 aliphatic rings. The third kappa shape index (κ3) is 3.89. The van der Waals surface area contributed by atoms with Crippen molar-refractivity contribution < 1.29 is 19.4 Å². The Kier molecular flexibility index (Phi) is 5.89. The van der Waals surface area contributed by atoms with Gasteiger partial charge in [-0.15, -0.1) is 5.10 Å². The summed E-state index contributed by atoms with van der Waals surface area (Å²) in [7, 11) is 1.47. The summed E-state index contributed by atoms with van der Waals surface area (Å²) < 4.78 is 6.86. The minimum absolute atomic E-state index is 0.182. The molecule has 190 valence electrons. The lowest BCUT2D eigenvalue weighted by Gasteiger charge is -2.29. The Morgan fingerprint density at radius 2 is 2.03 bits per heavy atom. The number of carbonyl (C=O) groups is 2. The summed E-state index contributed by atoms with van der Waals surface area (Å²) in [6.45, 7) is 0.421. The van der Waals surface area contributed by atoms with Crippen LogP contribution in [0.3, 0.4) is 0 Å². The molecule has 0 unspecified atom stereocenters. The fourth-order valence-electron chi connectivity index (χ4n) is 4.89. The first-order chi connectivity index (χ1) is 18.6. The van der Waals surface area contributed by atoms with Crippen molar-refractivity contribution in [3.05, 3.63) is 83.8 Å². The molecule has 11 heteroatoms. The van der Waals surface area contributed by atoms with Crippen LogP contribution in [-0.2, 0) is 24.4 Å². The van der Waals surface area contributed by atoms with Crippen LogP contribution in [0.1, 0.15) is 27.3 Å². The van der Waals surface area contributed by atoms with E-state index >= 15 is 0 Å². The number of aromatic amines is 1. The Bertz CT molecular complexity index is 1680. The van der Waals surface area contributed by atoms with Crippen LogP contribution < -0.4 is 4.74 Å². The van der Waals surface area contributed by atoms with E-state index in [-0.39, 0.29) is 18.0 Å². The SMILES string of the molecule is COc1cnc(-n2cnc(CO)n2)c2[nH]cc(C(=O)C(=O)N3CCc4c(cccc4-c4ccccn4)C3)c12. The molecule has 0 bridgehead atoms. The summed E-state index contributed by atoms with van der Waals surface area (Å²) in [4.78, 5) is 44.4. The van der Waals surface area contributed by atoms with Gasteiger partial charge in [0.2, 0.25) is 0 Å². The van der Waals surface area contributed by atoms with Gasteiger partial charge in [0.05, 0.1) is 35.5 Å². The number of pyridine rings is 2. The topological polar surface area (TPSA) is 139 Å².